The minimum absolute atomic E-state index is 0.0930. The normalized spacial score (nSPS) is 17.8. The molecule has 0 saturated carbocycles. The van der Waals surface area contributed by atoms with E-state index in [1.807, 2.05) is 49.4 Å². The molecule has 1 aromatic heterocycles. The number of nitrogens with one attached hydrogen (secondary N) is 2. The van der Waals surface area contributed by atoms with Crippen molar-refractivity contribution in [2.45, 2.75) is 32.0 Å². The van der Waals surface area contributed by atoms with E-state index >= 15 is 0 Å². The highest BCUT2D eigenvalue weighted by atomic mass is 19.1. The Morgan fingerprint density at radius 3 is 2.61 bits per heavy atom. The lowest BCUT2D eigenvalue weighted by Gasteiger charge is -2.32. The Kier molecular flexibility index (Phi) is 7.17. The first-order chi connectivity index (χ1) is 18.5. The summed E-state index contributed by atoms with van der Waals surface area (Å²) < 4.78 is 14.1. The lowest BCUT2D eigenvalue weighted by Crippen LogP contribution is -2.49. The molecule has 3 aromatic rings. The zero-order valence-corrected chi connectivity index (χ0v) is 20.9. The summed E-state index contributed by atoms with van der Waals surface area (Å²) in [5.74, 6) is -1.14. The molecule has 2 N–H and O–H groups in total. The monoisotopic (exact) mass is 513 g/mol. The molecule has 0 aliphatic carbocycles. The molecular weight excluding hydrogens is 485 g/mol. The van der Waals surface area contributed by atoms with Gasteiger partial charge in [-0.1, -0.05) is 48.5 Å². The number of hydrogen-bond acceptors (Lipinski definition) is 4. The standard InChI is InChI=1S/C29H28FN5O3/c1-2-34-24-18-35(28(37)25(24)26(33-29(34)38)20-11-8-12-21(30)16-20)23(15-19-9-4-3-5-10-19)27(36)32-17-22-13-6-7-14-31-22/h3-14,16,23,26H,2,15,17-18H2,1H3,(H,32,36)(H,33,38)/t23-,26+/m0/s1. The molecule has 8 nitrogen and oxygen atoms in total. The Morgan fingerprint density at radius 2 is 1.89 bits per heavy atom. The molecular formula is C29H28FN5O3. The number of pyridine rings is 1. The largest absolute Gasteiger partial charge is 0.349 e. The summed E-state index contributed by atoms with van der Waals surface area (Å²) in [6.45, 7) is 2.47. The predicted octanol–water partition coefficient (Wildman–Crippen LogP) is 3.33. The summed E-state index contributed by atoms with van der Waals surface area (Å²) in [7, 11) is 0. The molecule has 0 bridgehead atoms. The maximum absolute atomic E-state index is 14.1. The summed E-state index contributed by atoms with van der Waals surface area (Å²) in [6, 6.07) is 18.8. The molecule has 0 saturated heterocycles. The van der Waals surface area contributed by atoms with E-state index in [4.69, 9.17) is 0 Å². The zero-order valence-electron chi connectivity index (χ0n) is 20.9. The topological polar surface area (TPSA) is 94.6 Å². The lowest BCUT2D eigenvalue weighted by molar-refractivity contribution is -0.136. The Bertz CT molecular complexity index is 1380. The Balaban J connectivity index is 1.48. The van der Waals surface area contributed by atoms with Crippen molar-refractivity contribution in [3.8, 4) is 0 Å². The van der Waals surface area contributed by atoms with Gasteiger partial charge in [0.25, 0.3) is 5.91 Å². The maximum Gasteiger partial charge on any atom is 0.322 e. The highest BCUT2D eigenvalue weighted by molar-refractivity contribution is 6.03. The molecule has 3 heterocycles. The summed E-state index contributed by atoms with van der Waals surface area (Å²) in [5, 5.41) is 5.78. The number of carbonyl (C=O) groups excluding carboxylic acids is 3. The molecule has 2 aliphatic rings. The second kappa shape index (κ2) is 10.8. The SMILES string of the molecule is CCN1C(=O)N[C@H](c2cccc(F)c2)C2=C1CN([C@@H](Cc1ccccc1)C(=O)NCc1ccccn1)C2=O. The third-order valence-corrected chi connectivity index (χ3v) is 6.87. The minimum Gasteiger partial charge on any atom is -0.349 e. The van der Waals surface area contributed by atoms with Gasteiger partial charge in [-0.25, -0.2) is 9.18 Å². The molecule has 38 heavy (non-hydrogen) atoms. The van der Waals surface area contributed by atoms with Crippen molar-refractivity contribution >= 4 is 17.8 Å². The number of amides is 4. The average Bonchev–Trinajstić information content (AvgIpc) is 3.27. The van der Waals surface area contributed by atoms with Gasteiger partial charge in [0, 0.05) is 19.2 Å². The van der Waals surface area contributed by atoms with Crippen molar-refractivity contribution in [2.24, 2.45) is 0 Å². The van der Waals surface area contributed by atoms with Crippen LogP contribution in [0.3, 0.4) is 0 Å². The van der Waals surface area contributed by atoms with Gasteiger partial charge in [-0.15, -0.1) is 0 Å². The fraction of sp³-hybridized carbons (Fsp3) is 0.241. The van der Waals surface area contributed by atoms with Gasteiger partial charge in [-0.05, 0) is 42.3 Å². The molecule has 2 aromatic carbocycles. The number of benzene rings is 2. The molecule has 9 heteroatoms. The van der Waals surface area contributed by atoms with Gasteiger partial charge >= 0.3 is 6.03 Å². The van der Waals surface area contributed by atoms with E-state index in [9.17, 15) is 18.8 Å². The van der Waals surface area contributed by atoms with E-state index in [-0.39, 0.29) is 30.9 Å². The zero-order chi connectivity index (χ0) is 26.6. The Labute approximate surface area is 220 Å². The van der Waals surface area contributed by atoms with Crippen LogP contribution in [-0.4, -0.2) is 51.8 Å². The number of urea groups is 1. The predicted molar refractivity (Wildman–Crippen MR) is 139 cm³/mol. The van der Waals surface area contributed by atoms with Crippen molar-refractivity contribution in [3.05, 3.63) is 113 Å². The molecule has 0 radical (unpaired) electrons. The quantitative estimate of drug-likeness (QED) is 0.483. The average molecular weight is 514 g/mol. The van der Waals surface area contributed by atoms with E-state index in [1.165, 1.54) is 21.9 Å². The van der Waals surface area contributed by atoms with Gasteiger partial charge in [-0.2, -0.15) is 0 Å². The molecule has 5 rings (SSSR count). The number of halogens is 1. The number of hydrogen-bond donors (Lipinski definition) is 2. The first kappa shape index (κ1) is 25.1. The van der Waals surface area contributed by atoms with Crippen molar-refractivity contribution < 1.29 is 18.8 Å². The molecule has 0 unspecified atom stereocenters. The summed E-state index contributed by atoms with van der Waals surface area (Å²) in [4.78, 5) is 47.8. The van der Waals surface area contributed by atoms with Gasteiger partial charge in [0.1, 0.15) is 11.9 Å². The highest BCUT2D eigenvalue weighted by Crippen LogP contribution is 2.37. The van der Waals surface area contributed by atoms with Crippen LogP contribution in [0.25, 0.3) is 0 Å². The summed E-state index contributed by atoms with van der Waals surface area (Å²) in [6.07, 6.45) is 1.94. The maximum atomic E-state index is 14.1. The van der Waals surface area contributed by atoms with Crippen LogP contribution in [0.5, 0.6) is 0 Å². The van der Waals surface area contributed by atoms with Crippen LogP contribution in [0.1, 0.15) is 29.8 Å². The van der Waals surface area contributed by atoms with Crippen LogP contribution >= 0.6 is 0 Å². The molecule has 0 spiro atoms. The first-order valence-corrected chi connectivity index (χ1v) is 12.5. The fourth-order valence-corrected chi connectivity index (χ4v) is 5.02. The molecule has 2 aliphatic heterocycles. The number of nitrogens with zero attached hydrogens (tertiary/aromatic N) is 3. The molecule has 0 fully saturated rings. The third kappa shape index (κ3) is 5.00. The van der Waals surface area contributed by atoms with E-state index in [0.29, 0.717) is 35.5 Å². The molecule has 2 atom stereocenters. The fourth-order valence-electron chi connectivity index (χ4n) is 5.02. The van der Waals surface area contributed by atoms with E-state index < -0.39 is 17.9 Å². The van der Waals surface area contributed by atoms with Gasteiger partial charge in [0.15, 0.2) is 0 Å². The smallest absolute Gasteiger partial charge is 0.322 e. The lowest BCUT2D eigenvalue weighted by atomic mass is 9.95. The molecule has 194 valence electrons. The van der Waals surface area contributed by atoms with Crippen LogP contribution < -0.4 is 10.6 Å². The molecule has 4 amide bonds. The summed E-state index contributed by atoms with van der Waals surface area (Å²) >= 11 is 0. The van der Waals surface area contributed by atoms with Crippen LogP contribution in [-0.2, 0) is 22.6 Å². The third-order valence-electron chi connectivity index (χ3n) is 6.87. The van der Waals surface area contributed by atoms with Crippen LogP contribution in [0.2, 0.25) is 0 Å². The number of aromatic nitrogens is 1. The first-order valence-electron chi connectivity index (χ1n) is 12.5. The van der Waals surface area contributed by atoms with Crippen molar-refractivity contribution in [3.63, 3.8) is 0 Å². The van der Waals surface area contributed by atoms with Gasteiger partial charge in [0.2, 0.25) is 5.91 Å². The van der Waals surface area contributed by atoms with E-state index in [1.54, 1.807) is 24.4 Å². The Morgan fingerprint density at radius 1 is 1.11 bits per heavy atom. The van der Waals surface area contributed by atoms with Crippen molar-refractivity contribution in [2.75, 3.05) is 13.1 Å². The van der Waals surface area contributed by atoms with Crippen molar-refractivity contribution in [1.29, 1.82) is 0 Å². The van der Waals surface area contributed by atoms with Crippen LogP contribution in [0, 0.1) is 5.82 Å². The highest BCUT2D eigenvalue weighted by Gasteiger charge is 2.46. The summed E-state index contributed by atoms with van der Waals surface area (Å²) in [5.41, 5.74) is 2.95. The number of likely N-dealkylation sites (N-methyl/N-ethyl adjacent to an activating group) is 1. The van der Waals surface area contributed by atoms with Crippen LogP contribution in [0.15, 0.2) is 90.3 Å². The number of carbonyl (C=O) groups is 3. The van der Waals surface area contributed by atoms with Gasteiger partial charge in [-0.3, -0.25) is 19.5 Å². The second-order valence-corrected chi connectivity index (χ2v) is 9.22. The van der Waals surface area contributed by atoms with Crippen LogP contribution in [0.4, 0.5) is 9.18 Å². The minimum atomic E-state index is -0.832. The van der Waals surface area contributed by atoms with Gasteiger partial charge in [0.05, 0.1) is 36.1 Å². The van der Waals surface area contributed by atoms with E-state index in [2.05, 4.69) is 15.6 Å². The second-order valence-electron chi connectivity index (χ2n) is 9.22. The van der Waals surface area contributed by atoms with Crippen molar-refractivity contribution in [1.82, 2.24) is 25.4 Å². The number of rotatable bonds is 8. The van der Waals surface area contributed by atoms with E-state index in [0.717, 1.165) is 5.56 Å². The van der Waals surface area contributed by atoms with Gasteiger partial charge < -0.3 is 15.5 Å². The Hall–Kier alpha value is -4.53.